The molecule has 3 amide bonds. The van der Waals surface area contributed by atoms with Crippen LogP contribution >= 0.6 is 12.6 Å². The van der Waals surface area contributed by atoms with Gasteiger partial charge in [-0.05, 0) is 13.8 Å². The largest absolute Gasteiger partial charge is 0.480 e. The molecule has 0 aromatic carbocycles. The fourth-order valence-corrected chi connectivity index (χ4v) is 1.65. The second-order valence-corrected chi connectivity index (χ2v) is 5.24. The van der Waals surface area contributed by atoms with Crippen LogP contribution in [0.5, 0.6) is 0 Å². The number of nitrogens with one attached hydrogen (secondary N) is 3. The van der Waals surface area contributed by atoms with Gasteiger partial charge in [-0.15, -0.1) is 0 Å². The van der Waals surface area contributed by atoms with Crippen molar-refractivity contribution in [2.45, 2.75) is 38.1 Å². The summed E-state index contributed by atoms with van der Waals surface area (Å²) in [4.78, 5) is 45.7. The molecule has 0 saturated heterocycles. The molecule has 0 rings (SSSR count). The molecule has 4 unspecified atom stereocenters. The fourth-order valence-electron chi connectivity index (χ4n) is 1.40. The molecule has 0 bridgehead atoms. The summed E-state index contributed by atoms with van der Waals surface area (Å²) < 4.78 is 0. The lowest BCUT2D eigenvalue weighted by molar-refractivity contribution is -0.141. The van der Waals surface area contributed by atoms with Crippen LogP contribution in [-0.4, -0.2) is 70.4 Å². The first-order valence-electron chi connectivity index (χ1n) is 6.74. The number of thiol groups is 1. The Balaban J connectivity index is 4.56. The molecule has 10 nitrogen and oxygen atoms in total. The Morgan fingerprint density at radius 3 is 2.09 bits per heavy atom. The normalized spacial score (nSPS) is 15.7. The number of hydrogen-bond donors (Lipinski definition) is 7. The Bertz CT molecular complexity index is 457. The van der Waals surface area contributed by atoms with Crippen molar-refractivity contribution in [1.29, 1.82) is 0 Å². The summed E-state index contributed by atoms with van der Waals surface area (Å²) >= 11 is 3.78. The van der Waals surface area contributed by atoms with E-state index in [4.69, 9.17) is 10.8 Å². The molecular formula is C12H22N4O6S. The molecule has 0 aromatic rings. The quantitative estimate of drug-likeness (QED) is 0.215. The molecule has 0 heterocycles. The predicted octanol–water partition coefficient (Wildman–Crippen LogP) is -3.19. The smallest absolute Gasteiger partial charge is 0.327 e. The Morgan fingerprint density at radius 2 is 1.70 bits per heavy atom. The summed E-state index contributed by atoms with van der Waals surface area (Å²) in [6, 6.07) is -3.35. The third-order valence-electron chi connectivity index (χ3n) is 2.72. The minimum Gasteiger partial charge on any atom is -0.480 e. The van der Waals surface area contributed by atoms with E-state index in [2.05, 4.69) is 28.6 Å². The van der Waals surface area contributed by atoms with Crippen LogP contribution in [0.1, 0.15) is 13.8 Å². The monoisotopic (exact) mass is 350 g/mol. The maximum Gasteiger partial charge on any atom is 0.327 e. The molecule has 0 radical (unpaired) electrons. The van der Waals surface area contributed by atoms with Gasteiger partial charge in [0.1, 0.15) is 12.1 Å². The predicted molar refractivity (Wildman–Crippen MR) is 83.7 cm³/mol. The zero-order chi connectivity index (χ0) is 18.2. The Morgan fingerprint density at radius 1 is 1.13 bits per heavy atom. The van der Waals surface area contributed by atoms with E-state index in [9.17, 15) is 24.3 Å². The molecule has 0 spiro atoms. The molecule has 7 N–H and O–H groups in total. The van der Waals surface area contributed by atoms with Gasteiger partial charge in [-0.3, -0.25) is 14.4 Å². The van der Waals surface area contributed by atoms with Crippen molar-refractivity contribution in [1.82, 2.24) is 16.0 Å². The van der Waals surface area contributed by atoms with Crippen LogP contribution in [-0.2, 0) is 19.2 Å². The number of carbonyl (C=O) groups is 4. The van der Waals surface area contributed by atoms with Crippen molar-refractivity contribution < 1.29 is 29.4 Å². The number of carboxylic acid groups (broad SMARTS) is 1. The van der Waals surface area contributed by atoms with Crippen LogP contribution in [0.3, 0.4) is 0 Å². The lowest BCUT2D eigenvalue weighted by Crippen LogP contribution is -2.56. The first-order valence-corrected chi connectivity index (χ1v) is 7.38. The number of aliphatic hydroxyl groups excluding tert-OH is 1. The molecule has 0 saturated carbocycles. The van der Waals surface area contributed by atoms with Gasteiger partial charge < -0.3 is 31.9 Å². The van der Waals surface area contributed by atoms with E-state index in [0.29, 0.717) is 0 Å². The lowest BCUT2D eigenvalue weighted by atomic mass is 10.1. The molecule has 0 aliphatic carbocycles. The average molecular weight is 350 g/mol. The van der Waals surface area contributed by atoms with Gasteiger partial charge in [0.15, 0.2) is 0 Å². The van der Waals surface area contributed by atoms with E-state index in [1.54, 1.807) is 0 Å². The van der Waals surface area contributed by atoms with Crippen LogP contribution in [0.4, 0.5) is 0 Å². The summed E-state index contributed by atoms with van der Waals surface area (Å²) in [5.74, 6) is -3.57. The van der Waals surface area contributed by atoms with Crippen LogP contribution < -0.4 is 21.7 Å². The van der Waals surface area contributed by atoms with Crippen molar-refractivity contribution >= 4 is 36.3 Å². The molecule has 23 heavy (non-hydrogen) atoms. The third kappa shape index (κ3) is 7.81. The summed E-state index contributed by atoms with van der Waals surface area (Å²) in [5, 5.41) is 24.9. The van der Waals surface area contributed by atoms with Gasteiger partial charge in [0.05, 0.1) is 18.7 Å². The minimum atomic E-state index is -1.29. The number of aliphatic hydroxyl groups is 1. The second kappa shape index (κ2) is 10.0. The van der Waals surface area contributed by atoms with E-state index >= 15 is 0 Å². The summed E-state index contributed by atoms with van der Waals surface area (Å²) in [5.41, 5.74) is 5.35. The molecule has 0 fully saturated rings. The topological polar surface area (TPSA) is 171 Å². The Labute approximate surface area is 138 Å². The number of aliphatic carboxylic acids is 1. The average Bonchev–Trinajstić information content (AvgIpc) is 2.46. The number of nitrogens with two attached hydrogens (primary N) is 1. The zero-order valence-corrected chi connectivity index (χ0v) is 13.7. The van der Waals surface area contributed by atoms with E-state index in [-0.39, 0.29) is 5.75 Å². The fraction of sp³-hybridized carbons (Fsp3) is 0.667. The van der Waals surface area contributed by atoms with Gasteiger partial charge >= 0.3 is 5.97 Å². The number of hydrogen-bond acceptors (Lipinski definition) is 7. The zero-order valence-electron chi connectivity index (χ0n) is 12.8. The van der Waals surface area contributed by atoms with E-state index in [1.165, 1.54) is 13.8 Å². The lowest BCUT2D eigenvalue weighted by Gasteiger charge is -2.22. The molecule has 4 atom stereocenters. The SMILES string of the molecule is CC(N)C(=O)NC(C(=O)NCC(=O)NC(CS)C(=O)O)C(C)O. The highest BCUT2D eigenvalue weighted by Crippen LogP contribution is 1.95. The summed E-state index contributed by atoms with van der Waals surface area (Å²) in [7, 11) is 0. The standard InChI is InChI=1S/C12H22N4O6S/c1-5(13)10(19)16-9(6(2)17)11(20)14-3-8(18)15-7(4-23)12(21)22/h5-7,9,17,23H,3-4,13H2,1-2H3,(H,14,20)(H,15,18)(H,16,19)(H,21,22). The summed E-state index contributed by atoms with van der Waals surface area (Å²) in [6.07, 6.45) is -1.22. The number of carbonyl (C=O) groups excluding carboxylic acids is 3. The van der Waals surface area contributed by atoms with Crippen LogP contribution in [0.25, 0.3) is 0 Å². The van der Waals surface area contributed by atoms with Crippen molar-refractivity contribution in [3.63, 3.8) is 0 Å². The molecule has 0 aliphatic heterocycles. The van der Waals surface area contributed by atoms with Crippen LogP contribution in [0.2, 0.25) is 0 Å². The Hall–Kier alpha value is -1.85. The highest BCUT2D eigenvalue weighted by atomic mass is 32.1. The van der Waals surface area contributed by atoms with Crippen LogP contribution in [0, 0.1) is 0 Å². The second-order valence-electron chi connectivity index (χ2n) is 4.87. The van der Waals surface area contributed by atoms with Gasteiger partial charge in [-0.1, -0.05) is 0 Å². The third-order valence-corrected chi connectivity index (χ3v) is 3.08. The molecule has 132 valence electrons. The van der Waals surface area contributed by atoms with Crippen molar-refractivity contribution in [2.24, 2.45) is 5.73 Å². The van der Waals surface area contributed by atoms with Gasteiger partial charge in [-0.25, -0.2) is 4.79 Å². The van der Waals surface area contributed by atoms with E-state index in [1.807, 2.05) is 0 Å². The highest BCUT2D eigenvalue weighted by Gasteiger charge is 2.27. The maximum absolute atomic E-state index is 11.9. The van der Waals surface area contributed by atoms with Gasteiger partial charge in [0.25, 0.3) is 0 Å². The van der Waals surface area contributed by atoms with E-state index in [0.717, 1.165) is 0 Å². The maximum atomic E-state index is 11.9. The number of amides is 3. The van der Waals surface area contributed by atoms with Gasteiger partial charge in [-0.2, -0.15) is 12.6 Å². The highest BCUT2D eigenvalue weighted by molar-refractivity contribution is 7.80. The molecule has 11 heteroatoms. The number of rotatable bonds is 9. The Kier molecular flexibility index (Phi) is 9.22. The first kappa shape index (κ1) is 21.1. The number of carboxylic acids is 1. The molecular weight excluding hydrogens is 328 g/mol. The van der Waals surface area contributed by atoms with Gasteiger partial charge in [0.2, 0.25) is 17.7 Å². The van der Waals surface area contributed by atoms with E-state index < -0.39 is 54.5 Å². The van der Waals surface area contributed by atoms with Crippen molar-refractivity contribution in [3.05, 3.63) is 0 Å². The summed E-state index contributed by atoms with van der Waals surface area (Å²) in [6.45, 7) is 2.17. The van der Waals surface area contributed by atoms with Crippen LogP contribution in [0.15, 0.2) is 0 Å². The minimum absolute atomic E-state index is 0.115. The van der Waals surface area contributed by atoms with Gasteiger partial charge in [0, 0.05) is 5.75 Å². The molecule has 0 aromatic heterocycles. The van der Waals surface area contributed by atoms with Crippen molar-refractivity contribution in [3.8, 4) is 0 Å². The molecule has 0 aliphatic rings. The van der Waals surface area contributed by atoms with Crippen molar-refractivity contribution in [2.75, 3.05) is 12.3 Å². The first-order chi connectivity index (χ1) is 10.6.